The molecule has 0 aliphatic carbocycles. The highest BCUT2D eigenvalue weighted by Crippen LogP contribution is 2.29. The fraction of sp³-hybridized carbons (Fsp3) is 0.556. The van der Waals surface area contributed by atoms with Crippen molar-refractivity contribution in [3.8, 4) is 0 Å². The Kier molecular flexibility index (Phi) is 5.43. The third kappa shape index (κ3) is 4.22. The Bertz CT molecular complexity index is 701. The van der Waals surface area contributed by atoms with Gasteiger partial charge in [0.05, 0.1) is 0 Å². The number of nitrogens with one attached hydrogen (secondary N) is 1. The number of imidazole rings is 1. The van der Waals surface area contributed by atoms with Crippen LogP contribution in [-0.4, -0.2) is 45.2 Å². The third-order valence-electron chi connectivity index (χ3n) is 4.84. The zero-order valence-corrected chi connectivity index (χ0v) is 14.8. The smallest absolute Gasteiger partial charge is 0.317 e. The van der Waals surface area contributed by atoms with Crippen molar-refractivity contribution in [1.29, 1.82) is 0 Å². The van der Waals surface area contributed by atoms with Gasteiger partial charge in [-0.2, -0.15) is 0 Å². The van der Waals surface area contributed by atoms with Gasteiger partial charge in [0.2, 0.25) is 0 Å². The van der Waals surface area contributed by atoms with Crippen LogP contribution in [0.2, 0.25) is 0 Å². The Morgan fingerprint density at radius 2 is 2.20 bits per heavy atom. The van der Waals surface area contributed by atoms with Crippen LogP contribution in [0.25, 0.3) is 0 Å². The number of aryl methyl sites for hydroxylation is 2. The highest BCUT2D eigenvalue weighted by molar-refractivity contribution is 5.74. The highest BCUT2D eigenvalue weighted by Gasteiger charge is 2.29. The SMILES string of the molecule is Cc1ccc(CCNC(=O)N2CCC(C(O)c3nccn3C)CC2)o1. The molecular weight excluding hydrogens is 320 g/mol. The van der Waals surface area contributed by atoms with Crippen LogP contribution in [0.4, 0.5) is 4.79 Å². The van der Waals surface area contributed by atoms with Gasteiger partial charge in [-0.25, -0.2) is 9.78 Å². The van der Waals surface area contributed by atoms with Crippen molar-refractivity contribution >= 4 is 6.03 Å². The number of nitrogens with zero attached hydrogens (tertiary/aromatic N) is 3. The summed E-state index contributed by atoms with van der Waals surface area (Å²) in [7, 11) is 1.88. The number of aromatic nitrogens is 2. The zero-order chi connectivity index (χ0) is 17.8. The minimum absolute atomic E-state index is 0.0480. The first-order valence-corrected chi connectivity index (χ1v) is 8.78. The molecule has 2 aromatic heterocycles. The van der Waals surface area contributed by atoms with E-state index in [2.05, 4.69) is 10.3 Å². The number of furan rings is 1. The standard InChI is InChI=1S/C18H26N4O3/c1-13-3-4-15(25-13)5-8-20-18(24)22-10-6-14(7-11-22)16(23)17-19-9-12-21(17)2/h3-4,9,12,14,16,23H,5-8,10-11H2,1-2H3,(H,20,24). The summed E-state index contributed by atoms with van der Waals surface area (Å²) in [5.41, 5.74) is 0. The van der Waals surface area contributed by atoms with Crippen molar-refractivity contribution in [2.75, 3.05) is 19.6 Å². The summed E-state index contributed by atoms with van der Waals surface area (Å²) in [6, 6.07) is 3.81. The van der Waals surface area contributed by atoms with Gasteiger partial charge in [-0.3, -0.25) is 0 Å². The van der Waals surface area contributed by atoms with Crippen molar-refractivity contribution in [2.45, 2.75) is 32.3 Å². The topological polar surface area (TPSA) is 83.5 Å². The Morgan fingerprint density at radius 3 is 2.80 bits per heavy atom. The Hall–Kier alpha value is -2.28. The molecule has 2 aromatic rings. The molecule has 25 heavy (non-hydrogen) atoms. The van der Waals surface area contributed by atoms with E-state index in [0.717, 1.165) is 24.4 Å². The predicted molar refractivity (Wildman–Crippen MR) is 93.0 cm³/mol. The normalized spacial score (nSPS) is 16.8. The van der Waals surface area contributed by atoms with Crippen LogP contribution in [0.3, 0.4) is 0 Å². The lowest BCUT2D eigenvalue weighted by Gasteiger charge is -2.34. The fourth-order valence-electron chi connectivity index (χ4n) is 3.32. The quantitative estimate of drug-likeness (QED) is 0.867. The van der Waals surface area contributed by atoms with Crippen molar-refractivity contribution in [3.63, 3.8) is 0 Å². The first-order chi connectivity index (χ1) is 12.0. The van der Waals surface area contributed by atoms with Gasteiger partial charge in [0.15, 0.2) is 0 Å². The molecule has 7 heteroatoms. The Labute approximate surface area is 147 Å². The van der Waals surface area contributed by atoms with Crippen LogP contribution < -0.4 is 5.32 Å². The van der Waals surface area contributed by atoms with Crippen LogP contribution in [0.15, 0.2) is 28.9 Å². The molecule has 0 saturated carbocycles. The lowest BCUT2D eigenvalue weighted by Crippen LogP contribution is -2.45. The van der Waals surface area contributed by atoms with Gasteiger partial charge in [0.25, 0.3) is 0 Å². The van der Waals surface area contributed by atoms with E-state index < -0.39 is 6.10 Å². The van der Waals surface area contributed by atoms with E-state index in [1.807, 2.05) is 41.8 Å². The van der Waals surface area contributed by atoms with Crippen LogP contribution in [-0.2, 0) is 13.5 Å². The molecule has 3 heterocycles. The Morgan fingerprint density at radius 1 is 1.44 bits per heavy atom. The first-order valence-electron chi connectivity index (χ1n) is 8.78. The molecule has 1 atom stereocenters. The van der Waals surface area contributed by atoms with E-state index in [4.69, 9.17) is 4.42 Å². The van der Waals surface area contributed by atoms with Crippen LogP contribution in [0.5, 0.6) is 0 Å². The summed E-state index contributed by atoms with van der Waals surface area (Å²) in [5, 5.41) is 13.4. The molecule has 1 unspecified atom stereocenters. The van der Waals surface area contributed by atoms with E-state index in [0.29, 0.717) is 31.9 Å². The number of rotatable bonds is 5. The fourth-order valence-corrected chi connectivity index (χ4v) is 3.32. The number of carbonyl (C=O) groups excluding carboxylic acids is 1. The van der Waals surface area contributed by atoms with Crippen LogP contribution >= 0.6 is 0 Å². The second-order valence-corrected chi connectivity index (χ2v) is 6.66. The summed E-state index contributed by atoms with van der Waals surface area (Å²) in [6.45, 7) is 3.77. The number of likely N-dealkylation sites (tertiary alicyclic amines) is 1. The monoisotopic (exact) mass is 346 g/mol. The van der Waals surface area contributed by atoms with E-state index in [1.54, 1.807) is 6.20 Å². The van der Waals surface area contributed by atoms with E-state index in [9.17, 15) is 9.90 Å². The summed E-state index contributed by atoms with van der Waals surface area (Å²) >= 11 is 0. The van der Waals surface area contributed by atoms with Gasteiger partial charge in [-0.05, 0) is 37.8 Å². The first kappa shape index (κ1) is 17.5. The second-order valence-electron chi connectivity index (χ2n) is 6.66. The summed E-state index contributed by atoms with van der Waals surface area (Å²) in [5.74, 6) is 2.59. The number of urea groups is 1. The van der Waals surface area contributed by atoms with Crippen molar-refractivity contribution in [3.05, 3.63) is 41.9 Å². The van der Waals surface area contributed by atoms with Gasteiger partial charge >= 0.3 is 6.03 Å². The highest BCUT2D eigenvalue weighted by atomic mass is 16.3. The molecule has 2 N–H and O–H groups in total. The molecule has 1 aliphatic heterocycles. The number of aliphatic hydroxyl groups excluding tert-OH is 1. The average molecular weight is 346 g/mol. The molecule has 7 nitrogen and oxygen atoms in total. The number of piperidine rings is 1. The molecule has 0 bridgehead atoms. The summed E-state index contributed by atoms with van der Waals surface area (Å²) in [4.78, 5) is 18.3. The molecule has 2 amide bonds. The minimum Gasteiger partial charge on any atom is -0.466 e. The maximum Gasteiger partial charge on any atom is 0.317 e. The molecule has 136 valence electrons. The molecular formula is C18H26N4O3. The molecule has 1 aliphatic rings. The van der Waals surface area contributed by atoms with Gasteiger partial charge in [0.1, 0.15) is 23.4 Å². The number of hydrogen-bond acceptors (Lipinski definition) is 4. The largest absolute Gasteiger partial charge is 0.466 e. The van der Waals surface area contributed by atoms with Crippen molar-refractivity contribution in [1.82, 2.24) is 19.8 Å². The lowest BCUT2D eigenvalue weighted by atomic mass is 9.91. The Balaban J connectivity index is 1.42. The number of aliphatic hydroxyl groups is 1. The molecule has 1 fully saturated rings. The van der Waals surface area contributed by atoms with Crippen molar-refractivity contribution in [2.24, 2.45) is 13.0 Å². The lowest BCUT2D eigenvalue weighted by molar-refractivity contribution is 0.0584. The molecule has 3 rings (SSSR count). The number of hydrogen-bond donors (Lipinski definition) is 2. The van der Waals surface area contributed by atoms with E-state index in [-0.39, 0.29) is 11.9 Å². The van der Waals surface area contributed by atoms with Gasteiger partial charge < -0.3 is 24.3 Å². The molecule has 0 radical (unpaired) electrons. The van der Waals surface area contributed by atoms with Crippen LogP contribution in [0.1, 0.15) is 36.3 Å². The average Bonchev–Trinajstić information content (AvgIpc) is 3.22. The minimum atomic E-state index is -0.576. The zero-order valence-electron chi connectivity index (χ0n) is 14.8. The number of carbonyl (C=O) groups is 1. The van der Waals surface area contributed by atoms with Gasteiger partial charge in [-0.15, -0.1) is 0 Å². The van der Waals surface area contributed by atoms with Crippen LogP contribution in [0, 0.1) is 12.8 Å². The van der Waals surface area contributed by atoms with Gasteiger partial charge in [0, 0.05) is 45.5 Å². The van der Waals surface area contributed by atoms with Gasteiger partial charge in [-0.1, -0.05) is 0 Å². The third-order valence-corrected chi connectivity index (χ3v) is 4.84. The summed E-state index contributed by atoms with van der Waals surface area (Å²) < 4.78 is 7.34. The van der Waals surface area contributed by atoms with E-state index >= 15 is 0 Å². The maximum absolute atomic E-state index is 12.3. The maximum atomic E-state index is 12.3. The molecule has 0 spiro atoms. The molecule has 0 aromatic carbocycles. The predicted octanol–water partition coefficient (Wildman–Crippen LogP) is 2.02. The number of amides is 2. The summed E-state index contributed by atoms with van der Waals surface area (Å²) in [6.07, 6.45) is 5.20. The second kappa shape index (κ2) is 7.74. The molecule has 1 saturated heterocycles. The van der Waals surface area contributed by atoms with E-state index in [1.165, 1.54) is 0 Å². The van der Waals surface area contributed by atoms with Crippen molar-refractivity contribution < 1.29 is 14.3 Å².